The van der Waals surface area contributed by atoms with Crippen LogP contribution in [0.4, 0.5) is 0 Å². The molecule has 0 spiro atoms. The molecule has 0 aliphatic heterocycles. The highest BCUT2D eigenvalue weighted by Crippen LogP contribution is 2.21. The van der Waals surface area contributed by atoms with E-state index in [0.29, 0.717) is 12.1 Å². The quantitative estimate of drug-likeness (QED) is 0.721. The van der Waals surface area contributed by atoms with Crippen LogP contribution in [0, 0.1) is 0 Å². The number of aromatic amines is 1. The van der Waals surface area contributed by atoms with Crippen molar-refractivity contribution in [2.45, 2.75) is 6.54 Å². The fraction of sp³-hybridized carbons (Fsp3) is 0.312. The summed E-state index contributed by atoms with van der Waals surface area (Å²) in [5.74, 6) is -0.225. The van der Waals surface area contributed by atoms with Crippen molar-refractivity contribution in [3.8, 4) is 0 Å². The summed E-state index contributed by atoms with van der Waals surface area (Å²) in [6.45, 7) is 1.20. The third kappa shape index (κ3) is 3.09. The molecule has 0 atom stereocenters. The molecule has 3 aromatic rings. The third-order valence-electron chi connectivity index (χ3n) is 3.70. The second-order valence-corrected chi connectivity index (χ2v) is 5.72. The number of likely N-dealkylation sites (N-methyl/N-ethyl adjacent to an activating group) is 1. The average Bonchev–Trinajstić information content (AvgIpc) is 2.89. The van der Waals surface area contributed by atoms with E-state index in [1.165, 1.54) is 4.68 Å². The lowest BCUT2D eigenvalue weighted by Crippen LogP contribution is -2.36. The first-order chi connectivity index (χ1) is 11.1. The first-order valence-electron chi connectivity index (χ1n) is 7.44. The number of hydrogen-bond donors (Lipinski definition) is 2. The van der Waals surface area contributed by atoms with Gasteiger partial charge in [0.2, 0.25) is 5.91 Å². The van der Waals surface area contributed by atoms with Gasteiger partial charge >= 0.3 is 0 Å². The molecule has 2 N–H and O–H groups in total. The number of nitrogens with zero attached hydrogens (tertiary/aromatic N) is 3. The van der Waals surface area contributed by atoms with E-state index in [0.717, 1.165) is 22.8 Å². The zero-order valence-electron chi connectivity index (χ0n) is 13.2. The normalized spacial score (nSPS) is 11.4. The molecule has 23 heavy (non-hydrogen) atoms. The molecular formula is C16H19N5O2. The van der Waals surface area contributed by atoms with Crippen LogP contribution in [0.25, 0.3) is 21.8 Å². The first kappa shape index (κ1) is 15.2. The standard InChI is InChI=1S/C16H19N5O2/c1-20(2)8-7-17-14(22)10-21-16(23)15-12(9-18-21)11-5-3-4-6-13(11)19-15/h3-6,9,19H,7-8,10H2,1-2H3,(H,17,22). The maximum absolute atomic E-state index is 12.5. The summed E-state index contributed by atoms with van der Waals surface area (Å²) in [5, 5.41) is 8.63. The molecule has 120 valence electrons. The Balaban J connectivity index is 1.85. The van der Waals surface area contributed by atoms with E-state index in [9.17, 15) is 9.59 Å². The maximum Gasteiger partial charge on any atom is 0.291 e. The van der Waals surface area contributed by atoms with E-state index < -0.39 is 0 Å². The summed E-state index contributed by atoms with van der Waals surface area (Å²) in [4.78, 5) is 29.5. The molecule has 1 amide bonds. The number of para-hydroxylation sites is 1. The molecular weight excluding hydrogens is 294 g/mol. The van der Waals surface area contributed by atoms with Gasteiger partial charge in [0.1, 0.15) is 12.1 Å². The molecule has 1 aromatic carbocycles. The molecule has 2 aromatic heterocycles. The van der Waals surface area contributed by atoms with Crippen molar-refractivity contribution in [1.82, 2.24) is 25.0 Å². The smallest absolute Gasteiger partial charge is 0.291 e. The Labute approximate surface area is 132 Å². The summed E-state index contributed by atoms with van der Waals surface area (Å²) in [5.41, 5.74) is 1.07. The lowest BCUT2D eigenvalue weighted by molar-refractivity contribution is -0.121. The van der Waals surface area contributed by atoms with Crippen molar-refractivity contribution in [2.24, 2.45) is 0 Å². The fourth-order valence-electron chi connectivity index (χ4n) is 2.50. The molecule has 2 heterocycles. The van der Waals surface area contributed by atoms with Gasteiger partial charge in [-0.2, -0.15) is 5.10 Å². The Kier molecular flexibility index (Phi) is 4.12. The molecule has 0 radical (unpaired) electrons. The summed E-state index contributed by atoms with van der Waals surface area (Å²) < 4.78 is 1.18. The number of hydrogen-bond acceptors (Lipinski definition) is 4. The first-order valence-corrected chi connectivity index (χ1v) is 7.44. The number of rotatable bonds is 5. The van der Waals surface area contributed by atoms with Crippen LogP contribution < -0.4 is 10.9 Å². The highest BCUT2D eigenvalue weighted by molar-refractivity contribution is 6.06. The second-order valence-electron chi connectivity index (χ2n) is 5.72. The van der Waals surface area contributed by atoms with Gasteiger partial charge in [-0.1, -0.05) is 18.2 Å². The Bertz CT molecular complexity index is 910. The van der Waals surface area contributed by atoms with E-state index in [2.05, 4.69) is 15.4 Å². The number of fused-ring (bicyclic) bond motifs is 3. The monoisotopic (exact) mass is 313 g/mol. The van der Waals surface area contributed by atoms with Crippen LogP contribution >= 0.6 is 0 Å². The van der Waals surface area contributed by atoms with Gasteiger partial charge in [-0.3, -0.25) is 9.59 Å². The molecule has 0 aliphatic carbocycles. The van der Waals surface area contributed by atoms with Crippen molar-refractivity contribution < 1.29 is 4.79 Å². The lowest BCUT2D eigenvalue weighted by Gasteiger charge is -2.10. The minimum atomic E-state index is -0.290. The third-order valence-corrected chi connectivity index (χ3v) is 3.70. The Morgan fingerprint density at radius 2 is 2.09 bits per heavy atom. The molecule has 0 saturated carbocycles. The van der Waals surface area contributed by atoms with Crippen LogP contribution in [0.3, 0.4) is 0 Å². The maximum atomic E-state index is 12.5. The van der Waals surface area contributed by atoms with Gasteiger partial charge < -0.3 is 15.2 Å². The minimum Gasteiger partial charge on any atom is -0.353 e. The largest absolute Gasteiger partial charge is 0.353 e. The van der Waals surface area contributed by atoms with E-state index in [4.69, 9.17) is 0 Å². The highest BCUT2D eigenvalue weighted by atomic mass is 16.2. The van der Waals surface area contributed by atoms with Gasteiger partial charge in [0.25, 0.3) is 5.56 Å². The van der Waals surface area contributed by atoms with Crippen LogP contribution in [0.15, 0.2) is 35.3 Å². The molecule has 7 heteroatoms. The van der Waals surface area contributed by atoms with E-state index in [1.807, 2.05) is 43.3 Å². The van der Waals surface area contributed by atoms with Gasteiger partial charge in [-0.15, -0.1) is 0 Å². The molecule has 7 nitrogen and oxygen atoms in total. The number of carbonyl (C=O) groups excluding carboxylic acids is 1. The molecule has 3 rings (SSSR count). The van der Waals surface area contributed by atoms with Gasteiger partial charge in [0, 0.05) is 29.4 Å². The van der Waals surface area contributed by atoms with Crippen LogP contribution in [-0.2, 0) is 11.3 Å². The average molecular weight is 313 g/mol. The Hall–Kier alpha value is -2.67. The Morgan fingerprint density at radius 1 is 1.30 bits per heavy atom. The van der Waals surface area contributed by atoms with Gasteiger partial charge in [-0.05, 0) is 20.2 Å². The summed E-state index contributed by atoms with van der Waals surface area (Å²) >= 11 is 0. The number of nitrogens with one attached hydrogen (secondary N) is 2. The van der Waals surface area contributed by atoms with Gasteiger partial charge in [-0.25, -0.2) is 4.68 Å². The number of benzene rings is 1. The SMILES string of the molecule is CN(C)CCNC(=O)Cn1ncc2c([nH]c3ccccc32)c1=O. The van der Waals surface area contributed by atoms with E-state index >= 15 is 0 Å². The highest BCUT2D eigenvalue weighted by Gasteiger charge is 2.12. The van der Waals surface area contributed by atoms with E-state index in [-0.39, 0.29) is 18.0 Å². The topological polar surface area (TPSA) is 83.0 Å². The van der Waals surface area contributed by atoms with Crippen molar-refractivity contribution in [3.63, 3.8) is 0 Å². The summed E-state index contributed by atoms with van der Waals surface area (Å²) in [6.07, 6.45) is 1.63. The molecule has 0 saturated heterocycles. The lowest BCUT2D eigenvalue weighted by atomic mass is 10.2. The van der Waals surface area contributed by atoms with Crippen molar-refractivity contribution in [1.29, 1.82) is 0 Å². The van der Waals surface area contributed by atoms with Gasteiger partial charge in [0.15, 0.2) is 0 Å². The number of carbonyl (C=O) groups is 1. The van der Waals surface area contributed by atoms with Gasteiger partial charge in [0.05, 0.1) is 6.20 Å². The molecule has 0 fully saturated rings. The minimum absolute atomic E-state index is 0.0857. The second kappa shape index (κ2) is 6.21. The number of aromatic nitrogens is 3. The summed E-state index contributed by atoms with van der Waals surface area (Å²) in [7, 11) is 3.87. The predicted octanol–water partition coefficient (Wildman–Crippen LogP) is 0.556. The Morgan fingerprint density at radius 3 is 2.87 bits per heavy atom. The summed E-state index contributed by atoms with van der Waals surface area (Å²) in [6, 6.07) is 7.67. The van der Waals surface area contributed by atoms with E-state index in [1.54, 1.807) is 6.20 Å². The molecule has 0 bridgehead atoms. The zero-order chi connectivity index (χ0) is 16.4. The van der Waals surface area contributed by atoms with Crippen molar-refractivity contribution in [3.05, 3.63) is 40.8 Å². The van der Waals surface area contributed by atoms with Crippen LogP contribution in [0.2, 0.25) is 0 Å². The number of H-pyrrole nitrogens is 1. The van der Waals surface area contributed by atoms with Crippen LogP contribution in [-0.4, -0.2) is 52.8 Å². The zero-order valence-corrected chi connectivity index (χ0v) is 13.2. The van der Waals surface area contributed by atoms with Crippen LogP contribution in [0.5, 0.6) is 0 Å². The molecule has 0 aliphatic rings. The predicted molar refractivity (Wildman–Crippen MR) is 89.4 cm³/mol. The fourth-order valence-corrected chi connectivity index (χ4v) is 2.50. The molecule has 0 unspecified atom stereocenters. The van der Waals surface area contributed by atoms with Crippen LogP contribution in [0.1, 0.15) is 0 Å². The van der Waals surface area contributed by atoms with Crippen molar-refractivity contribution in [2.75, 3.05) is 27.2 Å². The number of amides is 1. The van der Waals surface area contributed by atoms with Crippen molar-refractivity contribution >= 4 is 27.7 Å².